The number of fused-ring (bicyclic) bond motifs is 1. The van der Waals surface area contributed by atoms with Gasteiger partial charge in [0.05, 0.1) is 10.3 Å². The highest BCUT2D eigenvalue weighted by atomic mass is 32.1. The van der Waals surface area contributed by atoms with Gasteiger partial charge in [0.25, 0.3) is 0 Å². The van der Waals surface area contributed by atoms with Crippen LogP contribution in [0.5, 0.6) is 0 Å². The molecule has 14 heavy (non-hydrogen) atoms. The Labute approximate surface area is 84.6 Å². The molecule has 0 radical (unpaired) electrons. The minimum atomic E-state index is 0.185. The zero-order chi connectivity index (χ0) is 9.97. The van der Waals surface area contributed by atoms with Crippen LogP contribution in [0.4, 0.5) is 0 Å². The fourth-order valence-electron chi connectivity index (χ4n) is 1.35. The van der Waals surface area contributed by atoms with Crippen LogP contribution in [-0.2, 0) is 6.54 Å². The molecule has 0 amide bonds. The van der Waals surface area contributed by atoms with Crippen molar-refractivity contribution in [3.63, 3.8) is 0 Å². The van der Waals surface area contributed by atoms with Gasteiger partial charge in [-0.3, -0.25) is 0 Å². The summed E-state index contributed by atoms with van der Waals surface area (Å²) in [4.78, 5) is 11.0. The van der Waals surface area contributed by atoms with Gasteiger partial charge < -0.3 is 0 Å². The van der Waals surface area contributed by atoms with Crippen LogP contribution in [0.15, 0.2) is 29.4 Å². The third-order valence-electron chi connectivity index (χ3n) is 1.94. The van der Waals surface area contributed by atoms with Crippen molar-refractivity contribution < 1.29 is 0 Å². The molecule has 68 valence electrons. The Bertz CT molecular complexity index is 524. The first-order chi connectivity index (χ1) is 6.85. The number of hydrogen-bond donors (Lipinski definition) is 0. The van der Waals surface area contributed by atoms with Crippen molar-refractivity contribution in [3.05, 3.63) is 39.6 Å². The highest BCUT2D eigenvalue weighted by Crippen LogP contribution is 2.28. The molecule has 1 aromatic heterocycles. The van der Waals surface area contributed by atoms with Gasteiger partial charge in [-0.25, -0.2) is 0 Å². The lowest BCUT2D eigenvalue weighted by molar-refractivity contribution is 1.09. The Morgan fingerprint density at radius 3 is 3.07 bits per heavy atom. The summed E-state index contributed by atoms with van der Waals surface area (Å²) in [5, 5.41) is 12.7. The molecule has 0 atom stereocenters. The van der Waals surface area contributed by atoms with Crippen molar-refractivity contribution >= 4 is 21.4 Å². The zero-order valence-corrected chi connectivity index (χ0v) is 8.04. The molecule has 4 heteroatoms. The quantitative estimate of drug-likeness (QED) is 0.703. The number of nitroso groups, excluding NO2 is 1. The third kappa shape index (κ3) is 1.38. The van der Waals surface area contributed by atoms with Gasteiger partial charge in [-0.2, -0.15) is 10.2 Å². The topological polar surface area (TPSA) is 53.2 Å². The van der Waals surface area contributed by atoms with E-state index in [0.29, 0.717) is 5.56 Å². The molecule has 2 rings (SSSR count). The maximum absolute atomic E-state index is 10.1. The largest absolute Gasteiger partial charge is 0.192 e. The molecule has 1 heterocycles. The van der Waals surface area contributed by atoms with E-state index in [1.54, 1.807) is 6.07 Å². The van der Waals surface area contributed by atoms with Gasteiger partial charge in [0.1, 0.15) is 12.6 Å². The van der Waals surface area contributed by atoms with Crippen molar-refractivity contribution in [2.45, 2.75) is 6.54 Å². The van der Waals surface area contributed by atoms with Crippen LogP contribution in [0.25, 0.3) is 10.1 Å². The Kier molecular flexibility index (Phi) is 2.25. The summed E-state index contributed by atoms with van der Waals surface area (Å²) in [7, 11) is 0. The molecule has 0 aliphatic rings. The first kappa shape index (κ1) is 8.85. The highest BCUT2D eigenvalue weighted by molar-refractivity contribution is 7.19. The van der Waals surface area contributed by atoms with Gasteiger partial charge in [-0.05, 0) is 17.5 Å². The number of nitriles is 1. The van der Waals surface area contributed by atoms with E-state index in [1.807, 2.05) is 18.2 Å². The summed E-state index contributed by atoms with van der Waals surface area (Å²) < 4.78 is 0.939. The first-order valence-electron chi connectivity index (χ1n) is 4.06. The van der Waals surface area contributed by atoms with Crippen LogP contribution >= 0.6 is 11.3 Å². The van der Waals surface area contributed by atoms with E-state index in [0.717, 1.165) is 15.0 Å². The molecule has 0 aliphatic heterocycles. The molecule has 1 aromatic carbocycles. The minimum Gasteiger partial charge on any atom is -0.192 e. The Balaban J connectivity index is 2.65. The molecule has 3 nitrogen and oxygen atoms in total. The lowest BCUT2D eigenvalue weighted by atomic mass is 10.2. The second kappa shape index (κ2) is 3.56. The van der Waals surface area contributed by atoms with Crippen molar-refractivity contribution in [1.29, 1.82) is 5.26 Å². The predicted molar refractivity (Wildman–Crippen MR) is 56.0 cm³/mol. The van der Waals surface area contributed by atoms with Crippen LogP contribution in [0, 0.1) is 16.2 Å². The fourth-order valence-corrected chi connectivity index (χ4v) is 2.38. The van der Waals surface area contributed by atoms with Gasteiger partial charge in [-0.15, -0.1) is 11.3 Å². The molecule has 0 saturated heterocycles. The highest BCUT2D eigenvalue weighted by Gasteiger charge is 2.05. The summed E-state index contributed by atoms with van der Waals surface area (Å²) in [6.07, 6.45) is 0. The molecular weight excluding hydrogens is 196 g/mol. The predicted octanol–water partition coefficient (Wildman–Crippen LogP) is 3.04. The Morgan fingerprint density at radius 1 is 1.50 bits per heavy atom. The maximum atomic E-state index is 10.1. The van der Waals surface area contributed by atoms with Crippen LogP contribution < -0.4 is 0 Å². The summed E-state index contributed by atoms with van der Waals surface area (Å²) in [5.74, 6) is 0. The van der Waals surface area contributed by atoms with Gasteiger partial charge in [0.15, 0.2) is 0 Å². The first-order valence-corrected chi connectivity index (χ1v) is 4.87. The fraction of sp³-hybridized carbons (Fsp3) is 0.100. The molecule has 0 fully saturated rings. The molecule has 0 saturated carbocycles. The third-order valence-corrected chi connectivity index (χ3v) is 3.10. The van der Waals surface area contributed by atoms with E-state index in [4.69, 9.17) is 5.26 Å². The molecule has 0 aliphatic carbocycles. The Morgan fingerprint density at radius 2 is 2.36 bits per heavy atom. The van der Waals surface area contributed by atoms with Crippen LogP contribution in [0.2, 0.25) is 0 Å². The number of hydrogen-bond acceptors (Lipinski definition) is 4. The maximum Gasteiger partial charge on any atom is 0.115 e. The van der Waals surface area contributed by atoms with E-state index >= 15 is 0 Å². The monoisotopic (exact) mass is 202 g/mol. The average molecular weight is 202 g/mol. The SMILES string of the molecule is N#Cc1cccc2cc(CN=O)sc12. The number of nitrogens with zero attached hydrogens (tertiary/aromatic N) is 2. The van der Waals surface area contributed by atoms with Gasteiger partial charge >= 0.3 is 0 Å². The number of benzene rings is 1. The summed E-state index contributed by atoms with van der Waals surface area (Å²) in [6.45, 7) is 0.185. The van der Waals surface area contributed by atoms with E-state index in [1.165, 1.54) is 11.3 Å². The lowest BCUT2D eigenvalue weighted by Gasteiger charge is -1.89. The van der Waals surface area contributed by atoms with Crippen molar-refractivity contribution in [2.24, 2.45) is 5.18 Å². The molecule has 0 unspecified atom stereocenters. The second-order valence-corrected chi connectivity index (χ2v) is 3.97. The average Bonchev–Trinajstić information content (AvgIpc) is 2.60. The van der Waals surface area contributed by atoms with Crippen LogP contribution in [0.1, 0.15) is 10.4 Å². The molecule has 0 spiro atoms. The van der Waals surface area contributed by atoms with Crippen LogP contribution in [0.3, 0.4) is 0 Å². The van der Waals surface area contributed by atoms with Crippen molar-refractivity contribution in [2.75, 3.05) is 0 Å². The van der Waals surface area contributed by atoms with Gasteiger partial charge in [-0.1, -0.05) is 17.3 Å². The van der Waals surface area contributed by atoms with Gasteiger partial charge in [0.2, 0.25) is 0 Å². The standard InChI is InChI=1S/C10H6N2OS/c11-5-8-3-1-2-7-4-9(6-12-13)14-10(7)8/h1-4H,6H2. The Hall–Kier alpha value is -1.73. The van der Waals surface area contributed by atoms with Gasteiger partial charge in [0, 0.05) is 4.88 Å². The van der Waals surface area contributed by atoms with E-state index < -0.39 is 0 Å². The molecular formula is C10H6N2OS. The zero-order valence-electron chi connectivity index (χ0n) is 7.23. The molecule has 0 N–H and O–H groups in total. The van der Waals surface area contributed by atoms with E-state index in [-0.39, 0.29) is 6.54 Å². The van der Waals surface area contributed by atoms with Crippen molar-refractivity contribution in [3.8, 4) is 6.07 Å². The smallest absolute Gasteiger partial charge is 0.115 e. The second-order valence-electron chi connectivity index (χ2n) is 2.84. The summed E-state index contributed by atoms with van der Waals surface area (Å²) in [6, 6.07) is 9.58. The molecule has 0 bridgehead atoms. The van der Waals surface area contributed by atoms with E-state index in [9.17, 15) is 4.91 Å². The summed E-state index contributed by atoms with van der Waals surface area (Å²) >= 11 is 1.46. The summed E-state index contributed by atoms with van der Waals surface area (Å²) in [5.41, 5.74) is 0.657. The number of rotatable bonds is 2. The molecule has 2 aromatic rings. The normalized spacial score (nSPS) is 9.93. The van der Waals surface area contributed by atoms with Crippen LogP contribution in [-0.4, -0.2) is 0 Å². The van der Waals surface area contributed by atoms with E-state index in [2.05, 4.69) is 11.2 Å². The minimum absolute atomic E-state index is 0.185. The lowest BCUT2D eigenvalue weighted by Crippen LogP contribution is -1.70. The van der Waals surface area contributed by atoms with Crippen molar-refractivity contribution in [1.82, 2.24) is 0 Å². The number of thiophene rings is 1.